The van der Waals surface area contributed by atoms with Crippen LogP contribution in [0.15, 0.2) is 24.3 Å². The van der Waals surface area contributed by atoms with Crippen LogP contribution in [0.4, 0.5) is 0 Å². The molecular formula is C52H99NO5. The van der Waals surface area contributed by atoms with E-state index in [1.54, 1.807) is 0 Å². The molecule has 3 unspecified atom stereocenters. The molecule has 0 bridgehead atoms. The fourth-order valence-electron chi connectivity index (χ4n) is 7.90. The molecule has 6 nitrogen and oxygen atoms in total. The number of rotatable bonds is 46. The zero-order chi connectivity index (χ0) is 42.4. The Hall–Kier alpha value is -1.66. The number of nitrogens with one attached hydrogen (secondary N) is 1. The van der Waals surface area contributed by atoms with E-state index in [4.69, 9.17) is 4.74 Å². The molecule has 0 spiro atoms. The van der Waals surface area contributed by atoms with Crippen LogP contribution >= 0.6 is 0 Å². The lowest BCUT2D eigenvalue weighted by atomic mass is 10.0. The van der Waals surface area contributed by atoms with E-state index in [9.17, 15) is 19.8 Å². The number of carbonyl (C=O) groups excluding carboxylic acids is 2. The first-order chi connectivity index (χ1) is 28.5. The van der Waals surface area contributed by atoms with Crippen molar-refractivity contribution >= 4 is 11.9 Å². The first-order valence-electron chi connectivity index (χ1n) is 25.6. The van der Waals surface area contributed by atoms with Gasteiger partial charge in [0.1, 0.15) is 6.10 Å². The molecule has 342 valence electrons. The second-order valence-corrected chi connectivity index (χ2v) is 17.6. The topological polar surface area (TPSA) is 95.9 Å². The van der Waals surface area contributed by atoms with Crippen LogP contribution in [-0.2, 0) is 14.3 Å². The Kier molecular flexibility index (Phi) is 45.1. The summed E-state index contributed by atoms with van der Waals surface area (Å²) in [5.74, 6) is -0.508. The van der Waals surface area contributed by atoms with Crippen LogP contribution in [0.1, 0.15) is 271 Å². The van der Waals surface area contributed by atoms with Crippen LogP contribution in [-0.4, -0.2) is 46.9 Å². The predicted octanol–water partition coefficient (Wildman–Crippen LogP) is 15.1. The third kappa shape index (κ3) is 41.1. The molecule has 0 rings (SSSR count). The van der Waals surface area contributed by atoms with Crippen LogP contribution in [0.2, 0.25) is 0 Å². The monoisotopic (exact) mass is 818 g/mol. The number of aliphatic hydroxyl groups is 2. The molecule has 1 amide bonds. The molecular weight excluding hydrogens is 719 g/mol. The number of unbranched alkanes of at least 4 members (excludes halogenated alkanes) is 31. The highest BCUT2D eigenvalue weighted by Crippen LogP contribution is 2.17. The third-order valence-corrected chi connectivity index (χ3v) is 11.8. The molecule has 0 aromatic heterocycles. The smallest absolute Gasteiger partial charge is 0.306 e. The Morgan fingerprint density at radius 3 is 1.31 bits per heavy atom. The second kappa shape index (κ2) is 46.4. The maximum Gasteiger partial charge on any atom is 0.306 e. The van der Waals surface area contributed by atoms with Gasteiger partial charge in [0.25, 0.3) is 0 Å². The molecule has 0 heterocycles. The minimum Gasteiger partial charge on any atom is -0.462 e. The van der Waals surface area contributed by atoms with Gasteiger partial charge in [-0.25, -0.2) is 0 Å². The Morgan fingerprint density at radius 2 is 0.879 bits per heavy atom. The quantitative estimate of drug-likeness (QED) is 0.0323. The average Bonchev–Trinajstić information content (AvgIpc) is 3.22. The van der Waals surface area contributed by atoms with Gasteiger partial charge < -0.3 is 20.3 Å². The summed E-state index contributed by atoms with van der Waals surface area (Å²) in [6, 6.07) is -0.710. The second-order valence-electron chi connectivity index (χ2n) is 17.6. The van der Waals surface area contributed by atoms with Gasteiger partial charge in [0.15, 0.2) is 0 Å². The molecule has 0 aromatic carbocycles. The van der Waals surface area contributed by atoms with Crippen molar-refractivity contribution in [2.75, 3.05) is 6.61 Å². The van der Waals surface area contributed by atoms with Gasteiger partial charge in [-0.3, -0.25) is 9.59 Å². The SMILES string of the molecule is CCCCCCCCC/C=C/C=C/CCCC(CC(=O)NC(CO)C(O)CCCCCCCCCCCCC)OC(=O)CCCCCCCCCCCCCCCC. The van der Waals surface area contributed by atoms with Gasteiger partial charge >= 0.3 is 5.97 Å². The third-order valence-electron chi connectivity index (χ3n) is 11.8. The van der Waals surface area contributed by atoms with Gasteiger partial charge in [-0.15, -0.1) is 0 Å². The van der Waals surface area contributed by atoms with Crippen LogP contribution in [0, 0.1) is 0 Å². The summed E-state index contributed by atoms with van der Waals surface area (Å²) in [6.45, 7) is 6.47. The van der Waals surface area contributed by atoms with Crippen molar-refractivity contribution in [2.45, 2.75) is 289 Å². The van der Waals surface area contributed by atoms with Gasteiger partial charge in [-0.1, -0.05) is 238 Å². The lowest BCUT2D eigenvalue weighted by molar-refractivity contribution is -0.151. The molecule has 0 fully saturated rings. The van der Waals surface area contributed by atoms with Crippen LogP contribution in [0.25, 0.3) is 0 Å². The summed E-state index contributed by atoms with van der Waals surface area (Å²) >= 11 is 0. The molecule has 58 heavy (non-hydrogen) atoms. The number of carbonyl (C=O) groups is 2. The van der Waals surface area contributed by atoms with Crippen molar-refractivity contribution in [3.05, 3.63) is 24.3 Å². The number of esters is 1. The normalized spacial score (nSPS) is 13.4. The highest BCUT2D eigenvalue weighted by atomic mass is 16.5. The van der Waals surface area contributed by atoms with Gasteiger partial charge in [0.05, 0.1) is 25.2 Å². The van der Waals surface area contributed by atoms with Gasteiger partial charge in [-0.05, 0) is 44.9 Å². The average molecular weight is 818 g/mol. The first kappa shape index (κ1) is 56.3. The molecule has 0 radical (unpaired) electrons. The predicted molar refractivity (Wildman–Crippen MR) is 250 cm³/mol. The molecule has 0 saturated carbocycles. The molecule has 0 saturated heterocycles. The summed E-state index contributed by atoms with van der Waals surface area (Å²) in [6.07, 6.45) is 52.4. The maximum atomic E-state index is 13.2. The van der Waals surface area contributed by atoms with Crippen molar-refractivity contribution in [2.24, 2.45) is 0 Å². The van der Waals surface area contributed by atoms with Crippen LogP contribution in [0.5, 0.6) is 0 Å². The van der Waals surface area contributed by atoms with E-state index in [0.29, 0.717) is 19.3 Å². The number of hydrogen-bond acceptors (Lipinski definition) is 5. The van der Waals surface area contributed by atoms with E-state index in [1.807, 2.05) is 0 Å². The maximum absolute atomic E-state index is 13.2. The summed E-state index contributed by atoms with van der Waals surface area (Å²) in [7, 11) is 0. The van der Waals surface area contributed by atoms with Gasteiger partial charge in [0.2, 0.25) is 5.91 Å². The summed E-state index contributed by atoms with van der Waals surface area (Å²) in [5.41, 5.74) is 0. The number of hydrogen-bond donors (Lipinski definition) is 3. The lowest BCUT2D eigenvalue weighted by Crippen LogP contribution is -2.46. The summed E-state index contributed by atoms with van der Waals surface area (Å²) < 4.78 is 5.90. The van der Waals surface area contributed by atoms with Crippen LogP contribution < -0.4 is 5.32 Å². The molecule has 0 aliphatic heterocycles. The summed E-state index contributed by atoms with van der Waals surface area (Å²) in [4.78, 5) is 26.1. The van der Waals surface area contributed by atoms with E-state index >= 15 is 0 Å². The highest BCUT2D eigenvalue weighted by Gasteiger charge is 2.24. The molecule has 3 atom stereocenters. The first-order valence-corrected chi connectivity index (χ1v) is 25.6. The van der Waals surface area contributed by atoms with E-state index in [2.05, 4.69) is 50.4 Å². The van der Waals surface area contributed by atoms with Crippen molar-refractivity contribution in [3.8, 4) is 0 Å². The van der Waals surface area contributed by atoms with E-state index in [1.165, 1.54) is 167 Å². The summed E-state index contributed by atoms with van der Waals surface area (Å²) in [5, 5.41) is 23.7. The highest BCUT2D eigenvalue weighted by molar-refractivity contribution is 5.77. The van der Waals surface area contributed by atoms with Gasteiger partial charge in [-0.2, -0.15) is 0 Å². The van der Waals surface area contributed by atoms with Gasteiger partial charge in [0, 0.05) is 6.42 Å². The zero-order valence-electron chi connectivity index (χ0n) is 38.9. The Labute approximate surface area is 361 Å². The number of amides is 1. The van der Waals surface area contributed by atoms with Crippen molar-refractivity contribution < 1.29 is 24.5 Å². The van der Waals surface area contributed by atoms with Crippen molar-refractivity contribution in [1.29, 1.82) is 0 Å². The Morgan fingerprint density at radius 1 is 0.500 bits per heavy atom. The zero-order valence-corrected chi connectivity index (χ0v) is 38.9. The standard InChI is InChI=1S/C52H99NO5/c1-4-7-10-13-16-19-22-24-26-29-31-34-37-40-43-48(58-52(57)45-42-39-36-33-30-27-25-23-20-17-14-11-8-5-2)46-51(56)53-49(47-54)50(55)44-41-38-35-32-28-21-18-15-12-9-6-3/h26,29,31,34,48-50,54-55H,4-25,27-28,30,32-33,35-47H2,1-3H3,(H,53,56)/b29-26+,34-31+. The molecule has 0 aromatic rings. The minimum atomic E-state index is -0.794. The van der Waals surface area contributed by atoms with E-state index in [0.717, 1.165) is 57.8 Å². The number of aliphatic hydroxyl groups excluding tert-OH is 2. The number of allylic oxidation sites excluding steroid dienone is 4. The fourth-order valence-corrected chi connectivity index (χ4v) is 7.90. The van der Waals surface area contributed by atoms with Crippen molar-refractivity contribution in [1.82, 2.24) is 5.32 Å². The van der Waals surface area contributed by atoms with Crippen molar-refractivity contribution in [3.63, 3.8) is 0 Å². The lowest BCUT2D eigenvalue weighted by Gasteiger charge is -2.24. The fraction of sp³-hybridized carbons (Fsp3) is 0.885. The number of ether oxygens (including phenoxy) is 1. The molecule has 0 aliphatic carbocycles. The minimum absolute atomic E-state index is 0.0498. The largest absolute Gasteiger partial charge is 0.462 e. The van der Waals surface area contributed by atoms with E-state index in [-0.39, 0.29) is 24.9 Å². The Bertz CT molecular complexity index is 919. The Balaban J connectivity index is 4.62. The molecule has 6 heteroatoms. The van der Waals surface area contributed by atoms with Crippen LogP contribution in [0.3, 0.4) is 0 Å². The molecule has 3 N–H and O–H groups in total. The van der Waals surface area contributed by atoms with E-state index < -0.39 is 18.2 Å². The molecule has 0 aliphatic rings.